The number of halogens is 2. The summed E-state index contributed by atoms with van der Waals surface area (Å²) < 4.78 is 10.4. The highest BCUT2D eigenvalue weighted by Gasteiger charge is 2.32. The number of amides is 1. The molecule has 0 saturated carbocycles. The molecule has 1 saturated heterocycles. The Morgan fingerprint density at radius 1 is 1.32 bits per heavy atom. The Morgan fingerprint density at radius 2 is 2.00 bits per heavy atom. The van der Waals surface area contributed by atoms with E-state index in [0.717, 1.165) is 0 Å². The van der Waals surface area contributed by atoms with Crippen molar-refractivity contribution >= 4 is 34.8 Å². The molecule has 1 aromatic carbocycles. The van der Waals surface area contributed by atoms with E-state index in [-0.39, 0.29) is 11.8 Å². The average molecular weight is 304 g/mol. The number of carbonyl (C=O) groups is 1. The van der Waals surface area contributed by atoms with Gasteiger partial charge in [0.15, 0.2) is 0 Å². The van der Waals surface area contributed by atoms with Crippen molar-refractivity contribution in [1.29, 1.82) is 0 Å². The van der Waals surface area contributed by atoms with Crippen LogP contribution in [0.5, 0.6) is 11.5 Å². The quantitative estimate of drug-likeness (QED) is 0.803. The number of carbonyl (C=O) groups excluding carboxylic acids is 1. The van der Waals surface area contributed by atoms with Crippen molar-refractivity contribution in [3.05, 3.63) is 17.2 Å². The van der Waals surface area contributed by atoms with Crippen LogP contribution in [0.3, 0.4) is 0 Å². The van der Waals surface area contributed by atoms with Crippen LogP contribution in [0.15, 0.2) is 12.1 Å². The molecule has 104 valence electrons. The number of hydrogen-bond acceptors (Lipinski definition) is 3. The van der Waals surface area contributed by atoms with Gasteiger partial charge in [-0.15, -0.1) is 11.6 Å². The Hall–Kier alpha value is -1.13. The van der Waals surface area contributed by atoms with Crippen LogP contribution in [0.1, 0.15) is 6.42 Å². The van der Waals surface area contributed by atoms with Crippen LogP contribution in [-0.4, -0.2) is 32.6 Å². The maximum Gasteiger partial charge on any atom is 0.227 e. The molecule has 1 atom stereocenters. The molecule has 0 radical (unpaired) electrons. The topological polar surface area (TPSA) is 38.8 Å². The molecule has 1 aliphatic rings. The first-order valence-corrected chi connectivity index (χ1v) is 6.79. The predicted octanol–water partition coefficient (Wildman–Crippen LogP) is 2.95. The number of rotatable bonds is 4. The summed E-state index contributed by atoms with van der Waals surface area (Å²) in [5.41, 5.74) is 0.658. The lowest BCUT2D eigenvalue weighted by Gasteiger charge is -2.20. The number of alkyl halides is 1. The monoisotopic (exact) mass is 303 g/mol. The first-order chi connectivity index (χ1) is 9.10. The molecule has 0 spiro atoms. The molecule has 1 amide bonds. The molecule has 0 aromatic heterocycles. The number of anilines is 1. The highest BCUT2D eigenvalue weighted by molar-refractivity contribution is 6.32. The smallest absolute Gasteiger partial charge is 0.227 e. The molecule has 2 rings (SSSR count). The molecule has 6 heteroatoms. The molecule has 1 fully saturated rings. The minimum absolute atomic E-state index is 0.0326. The summed E-state index contributed by atoms with van der Waals surface area (Å²) in [6.07, 6.45) is 0.455. The summed E-state index contributed by atoms with van der Waals surface area (Å²) in [7, 11) is 3.08. The molecule has 0 aliphatic carbocycles. The van der Waals surface area contributed by atoms with Crippen molar-refractivity contribution in [3.63, 3.8) is 0 Å². The van der Waals surface area contributed by atoms with Gasteiger partial charge in [-0.1, -0.05) is 11.6 Å². The highest BCUT2D eigenvalue weighted by Crippen LogP contribution is 2.40. The van der Waals surface area contributed by atoms with E-state index in [2.05, 4.69) is 0 Å². The average Bonchev–Trinajstić information content (AvgIpc) is 2.79. The Bertz CT molecular complexity index is 493. The van der Waals surface area contributed by atoms with Crippen molar-refractivity contribution in [1.82, 2.24) is 0 Å². The van der Waals surface area contributed by atoms with Gasteiger partial charge in [-0.2, -0.15) is 0 Å². The van der Waals surface area contributed by atoms with Gasteiger partial charge in [0.2, 0.25) is 5.91 Å². The van der Waals surface area contributed by atoms with Gasteiger partial charge in [-0.05, 0) is 12.0 Å². The molecule has 1 aromatic rings. The van der Waals surface area contributed by atoms with Crippen LogP contribution in [-0.2, 0) is 4.79 Å². The van der Waals surface area contributed by atoms with Gasteiger partial charge in [0, 0.05) is 24.9 Å². The number of ether oxygens (including phenoxy) is 2. The van der Waals surface area contributed by atoms with Crippen molar-refractivity contribution in [2.75, 3.05) is 31.5 Å². The minimum Gasteiger partial charge on any atom is -0.495 e. The van der Waals surface area contributed by atoms with Gasteiger partial charge in [-0.3, -0.25) is 4.79 Å². The Kier molecular flexibility index (Phi) is 4.42. The van der Waals surface area contributed by atoms with Gasteiger partial charge in [0.1, 0.15) is 11.5 Å². The largest absolute Gasteiger partial charge is 0.495 e. The lowest BCUT2D eigenvalue weighted by atomic mass is 10.1. The number of nitrogens with zero attached hydrogens (tertiary/aromatic N) is 1. The number of methoxy groups -OCH3 is 2. The maximum atomic E-state index is 12.0. The highest BCUT2D eigenvalue weighted by atomic mass is 35.5. The summed E-state index contributed by atoms with van der Waals surface area (Å²) in [5, 5.41) is 0.445. The van der Waals surface area contributed by atoms with Crippen LogP contribution in [0.4, 0.5) is 5.69 Å². The van der Waals surface area contributed by atoms with E-state index in [1.807, 2.05) is 0 Å². The zero-order chi connectivity index (χ0) is 14.0. The third kappa shape index (κ3) is 2.74. The van der Waals surface area contributed by atoms with Gasteiger partial charge >= 0.3 is 0 Å². The number of benzene rings is 1. The van der Waals surface area contributed by atoms with Crippen LogP contribution in [0.2, 0.25) is 5.02 Å². The molecule has 0 bridgehead atoms. The van der Waals surface area contributed by atoms with E-state index in [1.54, 1.807) is 24.1 Å². The van der Waals surface area contributed by atoms with Crippen LogP contribution in [0, 0.1) is 5.92 Å². The third-order valence-corrected chi connectivity index (χ3v) is 3.90. The van der Waals surface area contributed by atoms with E-state index in [1.165, 1.54) is 7.11 Å². The van der Waals surface area contributed by atoms with Gasteiger partial charge in [0.25, 0.3) is 0 Å². The molecule has 1 aliphatic heterocycles. The van der Waals surface area contributed by atoms with Gasteiger partial charge in [0.05, 0.1) is 24.9 Å². The Balaban J connectivity index is 2.39. The predicted molar refractivity (Wildman–Crippen MR) is 75.7 cm³/mol. The Morgan fingerprint density at radius 3 is 2.53 bits per heavy atom. The van der Waals surface area contributed by atoms with Crippen LogP contribution < -0.4 is 14.4 Å². The van der Waals surface area contributed by atoms with Crippen LogP contribution >= 0.6 is 23.2 Å². The Labute approximate surface area is 122 Å². The fourth-order valence-corrected chi connectivity index (χ4v) is 2.61. The van der Waals surface area contributed by atoms with E-state index in [9.17, 15) is 4.79 Å². The number of hydrogen-bond donors (Lipinski definition) is 0. The van der Waals surface area contributed by atoms with E-state index < -0.39 is 0 Å². The second kappa shape index (κ2) is 5.88. The van der Waals surface area contributed by atoms with E-state index in [0.29, 0.717) is 41.1 Å². The molecule has 1 unspecified atom stereocenters. The summed E-state index contributed by atoms with van der Waals surface area (Å²) >= 11 is 11.9. The van der Waals surface area contributed by atoms with Gasteiger partial charge < -0.3 is 14.4 Å². The van der Waals surface area contributed by atoms with E-state index >= 15 is 0 Å². The molecule has 0 N–H and O–H groups in total. The maximum absolute atomic E-state index is 12.0. The minimum atomic E-state index is 0.0326. The summed E-state index contributed by atoms with van der Waals surface area (Å²) in [4.78, 5) is 13.7. The van der Waals surface area contributed by atoms with Crippen molar-refractivity contribution < 1.29 is 14.3 Å². The molecule has 1 heterocycles. The second-order valence-corrected chi connectivity index (χ2v) is 5.10. The van der Waals surface area contributed by atoms with E-state index in [4.69, 9.17) is 32.7 Å². The lowest BCUT2D eigenvalue weighted by molar-refractivity contribution is -0.117. The molecular weight excluding hydrogens is 289 g/mol. The first-order valence-electron chi connectivity index (χ1n) is 5.88. The van der Waals surface area contributed by atoms with Crippen molar-refractivity contribution in [2.24, 2.45) is 5.92 Å². The summed E-state index contributed by atoms with van der Waals surface area (Å²) in [5.74, 6) is 1.74. The standard InChI is InChI=1S/C13H15Cl2NO3/c1-18-11-5-12(19-2)10(4-9(11)15)16-7-8(6-14)3-13(16)17/h4-5,8H,3,6-7H2,1-2H3. The fraction of sp³-hybridized carbons (Fsp3) is 0.462. The molecule has 19 heavy (non-hydrogen) atoms. The van der Waals surface area contributed by atoms with Crippen LogP contribution in [0.25, 0.3) is 0 Å². The fourth-order valence-electron chi connectivity index (χ4n) is 2.17. The first kappa shape index (κ1) is 14.3. The van der Waals surface area contributed by atoms with Crippen molar-refractivity contribution in [2.45, 2.75) is 6.42 Å². The second-order valence-electron chi connectivity index (χ2n) is 4.39. The third-order valence-electron chi connectivity index (χ3n) is 3.17. The SMILES string of the molecule is COc1cc(OC)c(N2CC(CCl)CC2=O)cc1Cl. The van der Waals surface area contributed by atoms with Gasteiger partial charge in [-0.25, -0.2) is 0 Å². The summed E-state index contributed by atoms with van der Waals surface area (Å²) in [6, 6.07) is 3.37. The zero-order valence-corrected chi connectivity index (χ0v) is 12.3. The normalized spacial score (nSPS) is 18.8. The zero-order valence-electron chi connectivity index (χ0n) is 10.8. The molecule has 4 nitrogen and oxygen atoms in total. The lowest BCUT2D eigenvalue weighted by Crippen LogP contribution is -2.25. The molecular formula is C13H15Cl2NO3. The summed E-state index contributed by atoms with van der Waals surface area (Å²) in [6.45, 7) is 0.585. The van der Waals surface area contributed by atoms with Crippen molar-refractivity contribution in [3.8, 4) is 11.5 Å².